The van der Waals surface area contributed by atoms with Crippen molar-refractivity contribution in [2.75, 3.05) is 31.1 Å². The molecule has 6 nitrogen and oxygen atoms in total. The number of hydrogen-bond acceptors (Lipinski definition) is 6. The highest BCUT2D eigenvalue weighted by Crippen LogP contribution is 2.26. The molecule has 1 fully saturated rings. The zero-order valence-electron chi connectivity index (χ0n) is 13.3. The van der Waals surface area contributed by atoms with E-state index in [1.807, 2.05) is 11.8 Å². The lowest BCUT2D eigenvalue weighted by molar-refractivity contribution is 0.0712. The zero-order valence-corrected chi connectivity index (χ0v) is 14.2. The van der Waals surface area contributed by atoms with Crippen molar-refractivity contribution >= 4 is 22.4 Å². The van der Waals surface area contributed by atoms with Gasteiger partial charge < -0.3 is 14.2 Å². The number of oxazole rings is 1. The van der Waals surface area contributed by atoms with Crippen molar-refractivity contribution in [2.45, 2.75) is 27.7 Å². The standard InChI is InChI=1S/C15H20N4O2S/c1-9-11(3)22-15(17-9)19-7-5-18(6-8-19)14(20)13-10(2)16-12(4)21-13/h5-8H2,1-4H3. The van der Waals surface area contributed by atoms with E-state index < -0.39 is 0 Å². The Labute approximate surface area is 133 Å². The maximum absolute atomic E-state index is 12.5. The van der Waals surface area contributed by atoms with Crippen LogP contribution in [0.4, 0.5) is 5.13 Å². The topological polar surface area (TPSA) is 62.5 Å². The molecule has 1 amide bonds. The molecule has 0 aliphatic carbocycles. The van der Waals surface area contributed by atoms with E-state index in [4.69, 9.17) is 4.42 Å². The molecule has 0 spiro atoms. The van der Waals surface area contributed by atoms with E-state index in [0.29, 0.717) is 30.4 Å². The number of aromatic nitrogens is 2. The van der Waals surface area contributed by atoms with Crippen LogP contribution in [-0.4, -0.2) is 47.0 Å². The minimum absolute atomic E-state index is 0.0655. The Bertz CT molecular complexity index is 679. The largest absolute Gasteiger partial charge is 0.436 e. The van der Waals surface area contributed by atoms with Crippen molar-refractivity contribution in [3.05, 3.63) is 27.9 Å². The predicted molar refractivity (Wildman–Crippen MR) is 85.7 cm³/mol. The molecule has 0 unspecified atom stereocenters. The maximum Gasteiger partial charge on any atom is 0.291 e. The predicted octanol–water partition coefficient (Wildman–Crippen LogP) is 2.33. The van der Waals surface area contributed by atoms with Crippen LogP contribution in [0.5, 0.6) is 0 Å². The highest BCUT2D eigenvalue weighted by molar-refractivity contribution is 7.15. The highest BCUT2D eigenvalue weighted by atomic mass is 32.1. The summed E-state index contributed by atoms with van der Waals surface area (Å²) in [6.45, 7) is 10.6. The molecule has 118 valence electrons. The van der Waals surface area contributed by atoms with Gasteiger partial charge in [0, 0.05) is 38.0 Å². The van der Waals surface area contributed by atoms with Crippen molar-refractivity contribution < 1.29 is 9.21 Å². The number of aryl methyl sites for hydroxylation is 4. The first kappa shape index (κ1) is 15.0. The van der Waals surface area contributed by atoms with Gasteiger partial charge >= 0.3 is 0 Å². The molecular formula is C15H20N4O2S. The first-order chi connectivity index (χ1) is 10.5. The lowest BCUT2D eigenvalue weighted by Crippen LogP contribution is -2.48. The van der Waals surface area contributed by atoms with Gasteiger partial charge in [0.1, 0.15) is 0 Å². The van der Waals surface area contributed by atoms with Crippen LogP contribution in [0.15, 0.2) is 4.42 Å². The van der Waals surface area contributed by atoms with Crippen molar-refractivity contribution in [3.63, 3.8) is 0 Å². The number of hydrogen-bond donors (Lipinski definition) is 0. The number of rotatable bonds is 2. The molecule has 1 saturated heterocycles. The fraction of sp³-hybridized carbons (Fsp3) is 0.533. The van der Waals surface area contributed by atoms with Crippen LogP contribution in [0.3, 0.4) is 0 Å². The number of carbonyl (C=O) groups excluding carboxylic acids is 1. The summed E-state index contributed by atoms with van der Waals surface area (Å²) in [7, 11) is 0. The summed E-state index contributed by atoms with van der Waals surface area (Å²) in [6, 6.07) is 0. The Morgan fingerprint density at radius 2 is 1.73 bits per heavy atom. The molecule has 22 heavy (non-hydrogen) atoms. The fourth-order valence-electron chi connectivity index (χ4n) is 2.57. The number of carbonyl (C=O) groups is 1. The summed E-state index contributed by atoms with van der Waals surface area (Å²) < 4.78 is 5.43. The molecule has 0 radical (unpaired) electrons. The summed E-state index contributed by atoms with van der Waals surface area (Å²) >= 11 is 1.72. The number of thiazole rings is 1. The quantitative estimate of drug-likeness (QED) is 0.850. The van der Waals surface area contributed by atoms with Crippen molar-refractivity contribution in [2.24, 2.45) is 0 Å². The molecule has 0 saturated carbocycles. The van der Waals surface area contributed by atoms with Crippen LogP contribution in [0.25, 0.3) is 0 Å². The van der Waals surface area contributed by atoms with Crippen LogP contribution in [0.1, 0.15) is 32.7 Å². The third-order valence-corrected chi connectivity index (χ3v) is 5.09. The zero-order chi connectivity index (χ0) is 15.9. The van der Waals surface area contributed by atoms with Crippen molar-refractivity contribution in [1.82, 2.24) is 14.9 Å². The second-order valence-electron chi connectivity index (χ2n) is 5.56. The molecule has 3 heterocycles. The molecule has 2 aromatic rings. The third-order valence-electron chi connectivity index (χ3n) is 3.95. The van der Waals surface area contributed by atoms with E-state index in [2.05, 4.69) is 21.8 Å². The Balaban J connectivity index is 1.66. The minimum Gasteiger partial charge on any atom is -0.436 e. The van der Waals surface area contributed by atoms with Gasteiger partial charge in [-0.05, 0) is 20.8 Å². The highest BCUT2D eigenvalue weighted by Gasteiger charge is 2.27. The smallest absolute Gasteiger partial charge is 0.291 e. The fourth-order valence-corrected chi connectivity index (χ4v) is 3.53. The Morgan fingerprint density at radius 1 is 1.05 bits per heavy atom. The van der Waals surface area contributed by atoms with E-state index in [0.717, 1.165) is 23.9 Å². The summed E-state index contributed by atoms with van der Waals surface area (Å²) in [4.78, 5) is 26.6. The molecule has 7 heteroatoms. The van der Waals surface area contributed by atoms with Crippen LogP contribution >= 0.6 is 11.3 Å². The molecule has 0 bridgehead atoms. The van der Waals surface area contributed by atoms with Crippen LogP contribution < -0.4 is 4.90 Å². The maximum atomic E-state index is 12.5. The van der Waals surface area contributed by atoms with Crippen molar-refractivity contribution in [1.29, 1.82) is 0 Å². The van der Waals surface area contributed by atoms with E-state index in [1.54, 1.807) is 25.2 Å². The molecule has 2 aromatic heterocycles. The Kier molecular flexibility index (Phi) is 3.90. The third kappa shape index (κ3) is 2.72. The first-order valence-corrected chi connectivity index (χ1v) is 8.19. The van der Waals surface area contributed by atoms with E-state index >= 15 is 0 Å². The van der Waals surface area contributed by atoms with Gasteiger partial charge in [-0.1, -0.05) is 0 Å². The van der Waals surface area contributed by atoms with Gasteiger partial charge in [-0.15, -0.1) is 11.3 Å². The van der Waals surface area contributed by atoms with E-state index in [1.165, 1.54) is 4.88 Å². The van der Waals surface area contributed by atoms with Gasteiger partial charge in [0.15, 0.2) is 11.0 Å². The lowest BCUT2D eigenvalue weighted by Gasteiger charge is -2.34. The summed E-state index contributed by atoms with van der Waals surface area (Å²) in [5.74, 6) is 0.837. The molecule has 0 N–H and O–H groups in total. The summed E-state index contributed by atoms with van der Waals surface area (Å²) in [5.41, 5.74) is 1.75. The second-order valence-corrected chi connectivity index (χ2v) is 6.75. The number of amides is 1. The van der Waals surface area contributed by atoms with Crippen LogP contribution in [0.2, 0.25) is 0 Å². The molecule has 0 aromatic carbocycles. The summed E-state index contributed by atoms with van der Waals surface area (Å²) in [5, 5.41) is 1.05. The number of anilines is 1. The van der Waals surface area contributed by atoms with Crippen molar-refractivity contribution in [3.8, 4) is 0 Å². The minimum atomic E-state index is -0.0655. The van der Waals surface area contributed by atoms with Gasteiger partial charge in [0.05, 0.1) is 11.4 Å². The number of nitrogens with zero attached hydrogens (tertiary/aromatic N) is 4. The van der Waals surface area contributed by atoms with Gasteiger partial charge in [0.2, 0.25) is 5.76 Å². The van der Waals surface area contributed by atoms with Gasteiger partial charge in [0.25, 0.3) is 5.91 Å². The van der Waals surface area contributed by atoms with Gasteiger partial charge in [-0.2, -0.15) is 0 Å². The Morgan fingerprint density at radius 3 is 2.23 bits per heavy atom. The second kappa shape index (κ2) is 5.72. The number of piperazine rings is 1. The lowest BCUT2D eigenvalue weighted by atomic mass is 10.2. The van der Waals surface area contributed by atoms with E-state index in [9.17, 15) is 4.79 Å². The molecule has 1 aliphatic heterocycles. The molecular weight excluding hydrogens is 300 g/mol. The monoisotopic (exact) mass is 320 g/mol. The molecule has 0 atom stereocenters. The normalized spacial score (nSPS) is 15.5. The van der Waals surface area contributed by atoms with Gasteiger partial charge in [-0.25, -0.2) is 9.97 Å². The molecule has 3 rings (SSSR count). The average molecular weight is 320 g/mol. The van der Waals surface area contributed by atoms with Crippen LogP contribution in [0, 0.1) is 27.7 Å². The summed E-state index contributed by atoms with van der Waals surface area (Å²) in [6.07, 6.45) is 0. The first-order valence-electron chi connectivity index (χ1n) is 7.38. The average Bonchev–Trinajstić information content (AvgIpc) is 3.01. The van der Waals surface area contributed by atoms with E-state index in [-0.39, 0.29) is 5.91 Å². The van der Waals surface area contributed by atoms with Gasteiger partial charge in [-0.3, -0.25) is 4.79 Å². The van der Waals surface area contributed by atoms with Crippen LogP contribution in [-0.2, 0) is 0 Å². The Hall–Kier alpha value is -1.89. The SMILES string of the molecule is Cc1nc(C)c(C(=O)N2CCN(c3nc(C)c(C)s3)CC2)o1. The molecule has 1 aliphatic rings.